The van der Waals surface area contributed by atoms with Crippen LogP contribution in [0.25, 0.3) is 0 Å². The lowest BCUT2D eigenvalue weighted by Gasteiger charge is -2.19. The fourth-order valence-corrected chi connectivity index (χ4v) is 4.15. The summed E-state index contributed by atoms with van der Waals surface area (Å²) >= 11 is 0. The third-order valence-electron chi connectivity index (χ3n) is 3.74. The third-order valence-corrected chi connectivity index (χ3v) is 5.49. The van der Waals surface area contributed by atoms with Crippen molar-refractivity contribution in [3.05, 3.63) is 22.8 Å². The Bertz CT molecular complexity index is 733. The first-order chi connectivity index (χ1) is 11.4. The molecular weight excluding hydrogens is 342 g/mol. The maximum absolute atomic E-state index is 12.6. The van der Waals surface area contributed by atoms with Gasteiger partial charge in [0.25, 0.3) is 0 Å². The summed E-state index contributed by atoms with van der Waals surface area (Å²) in [5.41, 5.74) is 1.55. The fraction of sp³-hybridized carbons (Fsp3) is 0.611. The van der Waals surface area contributed by atoms with Crippen LogP contribution in [0, 0.1) is 20.8 Å². The van der Waals surface area contributed by atoms with E-state index in [1.807, 2.05) is 6.92 Å². The second-order valence-electron chi connectivity index (χ2n) is 7.06. The topological polar surface area (TPSA) is 81.7 Å². The summed E-state index contributed by atoms with van der Waals surface area (Å²) in [6, 6.07) is 1.72. The summed E-state index contributed by atoms with van der Waals surface area (Å²) < 4.78 is 38.3. The second-order valence-corrected chi connectivity index (χ2v) is 8.77. The maximum atomic E-state index is 12.6. The van der Waals surface area contributed by atoms with Gasteiger partial charge in [-0.3, -0.25) is 4.79 Å². The molecule has 0 aliphatic rings. The van der Waals surface area contributed by atoms with Gasteiger partial charge in [-0.05, 0) is 70.7 Å². The van der Waals surface area contributed by atoms with Crippen molar-refractivity contribution >= 4 is 16.0 Å². The monoisotopic (exact) mass is 371 g/mol. The van der Waals surface area contributed by atoms with Crippen LogP contribution in [-0.4, -0.2) is 33.6 Å². The Morgan fingerprint density at radius 3 is 2.28 bits per heavy atom. The molecule has 0 aliphatic heterocycles. The van der Waals surface area contributed by atoms with Crippen LogP contribution in [0.3, 0.4) is 0 Å². The van der Waals surface area contributed by atoms with E-state index in [2.05, 4.69) is 4.72 Å². The van der Waals surface area contributed by atoms with Crippen LogP contribution < -0.4 is 9.46 Å². The highest BCUT2D eigenvalue weighted by Crippen LogP contribution is 2.30. The largest absolute Gasteiger partial charge is 0.496 e. The van der Waals surface area contributed by atoms with E-state index in [0.29, 0.717) is 23.3 Å². The zero-order valence-electron chi connectivity index (χ0n) is 16.1. The van der Waals surface area contributed by atoms with Gasteiger partial charge in [-0.15, -0.1) is 0 Å². The minimum absolute atomic E-state index is 0.166. The van der Waals surface area contributed by atoms with Gasteiger partial charge in [-0.25, -0.2) is 13.1 Å². The van der Waals surface area contributed by atoms with Gasteiger partial charge in [-0.1, -0.05) is 0 Å². The van der Waals surface area contributed by atoms with Gasteiger partial charge in [0.1, 0.15) is 11.4 Å². The molecule has 0 aliphatic carbocycles. The highest BCUT2D eigenvalue weighted by Gasteiger charge is 2.22. The Kier molecular flexibility index (Phi) is 7.02. The average molecular weight is 371 g/mol. The number of ether oxygens (including phenoxy) is 2. The lowest BCUT2D eigenvalue weighted by Crippen LogP contribution is -2.28. The minimum Gasteiger partial charge on any atom is -0.496 e. The fourth-order valence-electron chi connectivity index (χ4n) is 2.55. The Balaban J connectivity index is 2.78. The molecule has 0 aromatic heterocycles. The number of rotatable bonds is 7. The number of sulfonamides is 1. The van der Waals surface area contributed by atoms with Gasteiger partial charge < -0.3 is 9.47 Å². The van der Waals surface area contributed by atoms with Crippen molar-refractivity contribution in [2.45, 2.75) is 64.9 Å². The number of benzene rings is 1. The molecule has 0 heterocycles. The van der Waals surface area contributed by atoms with E-state index in [4.69, 9.17) is 9.47 Å². The van der Waals surface area contributed by atoms with E-state index in [9.17, 15) is 13.2 Å². The molecule has 0 amide bonds. The molecule has 0 saturated carbocycles. The van der Waals surface area contributed by atoms with Gasteiger partial charge in [0.2, 0.25) is 10.0 Å². The van der Waals surface area contributed by atoms with E-state index in [0.717, 1.165) is 5.56 Å². The van der Waals surface area contributed by atoms with Crippen molar-refractivity contribution < 1.29 is 22.7 Å². The van der Waals surface area contributed by atoms with Crippen molar-refractivity contribution in [3.8, 4) is 5.75 Å². The normalized spacial score (nSPS) is 12.1. The van der Waals surface area contributed by atoms with Crippen molar-refractivity contribution in [1.29, 1.82) is 0 Å². The molecule has 7 heteroatoms. The van der Waals surface area contributed by atoms with Crippen molar-refractivity contribution in [2.75, 3.05) is 13.7 Å². The Morgan fingerprint density at radius 1 is 1.16 bits per heavy atom. The molecule has 0 atom stereocenters. The van der Waals surface area contributed by atoms with E-state index < -0.39 is 15.6 Å². The zero-order chi connectivity index (χ0) is 19.4. The predicted molar refractivity (Wildman–Crippen MR) is 97.5 cm³/mol. The third kappa shape index (κ3) is 6.01. The molecule has 1 aromatic rings. The van der Waals surface area contributed by atoms with Crippen LogP contribution in [-0.2, 0) is 19.6 Å². The predicted octanol–water partition coefficient (Wildman–Crippen LogP) is 3.02. The van der Waals surface area contributed by atoms with Crippen molar-refractivity contribution in [1.82, 2.24) is 4.72 Å². The molecule has 1 rings (SSSR count). The lowest BCUT2D eigenvalue weighted by atomic mass is 10.1. The minimum atomic E-state index is -3.66. The van der Waals surface area contributed by atoms with E-state index in [1.54, 1.807) is 47.8 Å². The number of methoxy groups -OCH3 is 1. The van der Waals surface area contributed by atoms with Gasteiger partial charge in [-0.2, -0.15) is 0 Å². The summed E-state index contributed by atoms with van der Waals surface area (Å²) in [6.45, 7) is 10.9. The first-order valence-electron chi connectivity index (χ1n) is 8.25. The molecule has 0 unspecified atom stereocenters. The van der Waals surface area contributed by atoms with Gasteiger partial charge >= 0.3 is 5.97 Å². The summed E-state index contributed by atoms with van der Waals surface area (Å²) in [4.78, 5) is 11.9. The molecule has 6 nitrogen and oxygen atoms in total. The number of hydrogen-bond acceptors (Lipinski definition) is 5. The smallest absolute Gasteiger partial charge is 0.306 e. The summed E-state index contributed by atoms with van der Waals surface area (Å²) in [5.74, 6) is 0.332. The molecular formula is C18H29NO5S. The highest BCUT2D eigenvalue weighted by atomic mass is 32.2. The van der Waals surface area contributed by atoms with Crippen LogP contribution in [0.4, 0.5) is 0 Å². The molecule has 25 heavy (non-hydrogen) atoms. The number of nitrogens with one attached hydrogen (secondary N) is 1. The van der Waals surface area contributed by atoms with Crippen LogP contribution >= 0.6 is 0 Å². The van der Waals surface area contributed by atoms with E-state index >= 15 is 0 Å². The van der Waals surface area contributed by atoms with E-state index in [1.165, 1.54) is 0 Å². The molecule has 0 fully saturated rings. The molecule has 0 radical (unpaired) electrons. The van der Waals surface area contributed by atoms with Crippen LogP contribution in [0.15, 0.2) is 11.0 Å². The number of carbonyl (C=O) groups excluding carboxylic acids is 1. The lowest BCUT2D eigenvalue weighted by molar-refractivity contribution is -0.154. The molecule has 0 spiro atoms. The summed E-state index contributed by atoms with van der Waals surface area (Å²) in [6.07, 6.45) is 0.542. The molecule has 0 saturated heterocycles. The second kappa shape index (κ2) is 8.19. The van der Waals surface area contributed by atoms with Crippen LogP contribution in [0.1, 0.15) is 50.3 Å². The Labute approximate surface area is 151 Å². The Morgan fingerprint density at radius 2 is 1.76 bits per heavy atom. The van der Waals surface area contributed by atoms with Gasteiger partial charge in [0.15, 0.2) is 0 Å². The standard InChI is InChI=1S/C18H29NO5S/c1-12-11-15(23-7)13(2)14(3)17(12)25(21,22)19-10-8-9-16(20)24-18(4,5)6/h11,19H,8-10H2,1-7H3. The summed E-state index contributed by atoms with van der Waals surface area (Å²) in [7, 11) is -2.10. The Hall–Kier alpha value is -1.60. The maximum Gasteiger partial charge on any atom is 0.306 e. The SMILES string of the molecule is COc1cc(C)c(S(=O)(=O)NCCCC(=O)OC(C)(C)C)c(C)c1C. The quantitative estimate of drug-likeness (QED) is 0.588. The highest BCUT2D eigenvalue weighted by molar-refractivity contribution is 7.89. The molecule has 142 valence electrons. The van der Waals surface area contributed by atoms with Gasteiger partial charge in [0.05, 0.1) is 12.0 Å². The molecule has 0 bridgehead atoms. The number of carbonyl (C=O) groups is 1. The van der Waals surface area contributed by atoms with Crippen LogP contribution in [0.5, 0.6) is 5.75 Å². The van der Waals surface area contributed by atoms with E-state index in [-0.39, 0.29) is 23.8 Å². The number of hydrogen-bond donors (Lipinski definition) is 1. The summed E-state index contributed by atoms with van der Waals surface area (Å²) in [5, 5.41) is 0. The number of esters is 1. The molecule has 1 N–H and O–H groups in total. The van der Waals surface area contributed by atoms with Crippen molar-refractivity contribution in [3.63, 3.8) is 0 Å². The van der Waals surface area contributed by atoms with Crippen molar-refractivity contribution in [2.24, 2.45) is 0 Å². The first-order valence-corrected chi connectivity index (χ1v) is 9.73. The zero-order valence-corrected chi connectivity index (χ0v) is 17.0. The number of aryl methyl sites for hydroxylation is 1. The van der Waals surface area contributed by atoms with Crippen LogP contribution in [0.2, 0.25) is 0 Å². The first kappa shape index (κ1) is 21.4. The molecule has 1 aromatic carbocycles. The van der Waals surface area contributed by atoms with Gasteiger partial charge in [0, 0.05) is 13.0 Å². The average Bonchev–Trinajstić information content (AvgIpc) is 2.45.